The average Bonchev–Trinajstić information content (AvgIpc) is 2.71. The van der Waals surface area contributed by atoms with Crippen LogP contribution in [0.5, 0.6) is 11.5 Å². The summed E-state index contributed by atoms with van der Waals surface area (Å²) in [6.07, 6.45) is 0.502. The zero-order valence-corrected chi connectivity index (χ0v) is 18.5. The van der Waals surface area contributed by atoms with Crippen LogP contribution in [0.1, 0.15) is 38.3 Å². The Balaban J connectivity index is 2.13. The van der Waals surface area contributed by atoms with Gasteiger partial charge in [0.2, 0.25) is 0 Å². The summed E-state index contributed by atoms with van der Waals surface area (Å²) in [5.74, 6) is 0.253. The van der Waals surface area contributed by atoms with Gasteiger partial charge in [-0.1, -0.05) is 25.4 Å². The second kappa shape index (κ2) is 11.5. The molecule has 9 heteroatoms. The van der Waals surface area contributed by atoms with Crippen molar-refractivity contribution in [3.05, 3.63) is 62.7 Å². The van der Waals surface area contributed by atoms with Crippen molar-refractivity contribution in [1.82, 2.24) is 5.32 Å². The average molecular weight is 451 g/mol. The van der Waals surface area contributed by atoms with Gasteiger partial charge in [0.25, 0.3) is 5.69 Å². The molecular weight excluding hydrogens is 424 g/mol. The van der Waals surface area contributed by atoms with Crippen LogP contribution in [0.3, 0.4) is 0 Å². The number of carboxylic acid groups (broad SMARTS) is 1. The summed E-state index contributed by atoms with van der Waals surface area (Å²) in [5, 5.41) is 23.6. The van der Waals surface area contributed by atoms with Gasteiger partial charge in [-0.2, -0.15) is 0 Å². The van der Waals surface area contributed by atoms with Crippen molar-refractivity contribution < 1.29 is 24.3 Å². The van der Waals surface area contributed by atoms with E-state index >= 15 is 0 Å². The smallest absolute Gasteiger partial charge is 0.320 e. The quantitative estimate of drug-likeness (QED) is 0.352. The zero-order chi connectivity index (χ0) is 23.0. The second-order valence-corrected chi connectivity index (χ2v) is 7.84. The summed E-state index contributed by atoms with van der Waals surface area (Å²) < 4.78 is 11.5. The van der Waals surface area contributed by atoms with E-state index in [2.05, 4.69) is 5.32 Å². The lowest BCUT2D eigenvalue weighted by Crippen LogP contribution is -2.37. The summed E-state index contributed by atoms with van der Waals surface area (Å²) in [7, 11) is 0. The molecule has 0 aliphatic heterocycles. The third-order valence-corrected chi connectivity index (χ3v) is 4.85. The van der Waals surface area contributed by atoms with Crippen LogP contribution in [0, 0.1) is 16.0 Å². The van der Waals surface area contributed by atoms with Crippen LogP contribution in [0.15, 0.2) is 36.4 Å². The Bertz CT molecular complexity index is 902. The predicted molar refractivity (Wildman–Crippen MR) is 118 cm³/mol. The monoisotopic (exact) mass is 450 g/mol. The Kier molecular flexibility index (Phi) is 9.08. The molecule has 0 bridgehead atoms. The predicted octanol–water partition coefficient (Wildman–Crippen LogP) is 4.81. The lowest BCUT2D eigenvalue weighted by Gasteiger charge is -2.18. The van der Waals surface area contributed by atoms with E-state index in [9.17, 15) is 20.0 Å². The second-order valence-electron chi connectivity index (χ2n) is 7.44. The first-order chi connectivity index (χ1) is 14.7. The molecule has 0 aliphatic carbocycles. The molecule has 2 aromatic carbocycles. The van der Waals surface area contributed by atoms with Gasteiger partial charge in [-0.15, -0.1) is 0 Å². The highest BCUT2D eigenvalue weighted by Gasteiger charge is 2.19. The van der Waals surface area contributed by atoms with Crippen LogP contribution in [-0.2, 0) is 17.9 Å². The Morgan fingerprint density at radius 1 is 1.19 bits per heavy atom. The lowest BCUT2D eigenvalue weighted by atomic mass is 10.0. The van der Waals surface area contributed by atoms with Crippen LogP contribution in [0.2, 0.25) is 5.02 Å². The van der Waals surface area contributed by atoms with E-state index in [1.807, 2.05) is 20.8 Å². The van der Waals surface area contributed by atoms with Crippen LogP contribution in [0.25, 0.3) is 0 Å². The molecule has 0 spiro atoms. The van der Waals surface area contributed by atoms with Gasteiger partial charge in [0.05, 0.1) is 11.5 Å². The molecule has 0 amide bonds. The van der Waals surface area contributed by atoms with Crippen LogP contribution in [-0.4, -0.2) is 28.6 Å². The molecule has 0 radical (unpaired) electrons. The number of hydrogen-bond acceptors (Lipinski definition) is 6. The number of carbonyl (C=O) groups is 1. The number of benzene rings is 2. The van der Waals surface area contributed by atoms with E-state index < -0.39 is 16.9 Å². The van der Waals surface area contributed by atoms with Crippen molar-refractivity contribution in [1.29, 1.82) is 0 Å². The number of halogens is 1. The summed E-state index contributed by atoms with van der Waals surface area (Å²) >= 11 is 6.41. The third kappa shape index (κ3) is 7.41. The molecule has 8 nitrogen and oxygen atoms in total. The van der Waals surface area contributed by atoms with Crippen molar-refractivity contribution in [3.63, 3.8) is 0 Å². The molecule has 31 heavy (non-hydrogen) atoms. The number of nitrogens with zero attached hydrogens (tertiary/aromatic N) is 1. The van der Waals surface area contributed by atoms with Crippen LogP contribution < -0.4 is 14.8 Å². The van der Waals surface area contributed by atoms with Gasteiger partial charge in [0.1, 0.15) is 12.6 Å². The standard InChI is InChI=1S/C22H27ClN2O6/c1-4-30-20-10-16(12-24-19(22(26)27)9-14(2)3)18(23)11-21(20)31-13-15-5-7-17(8-6-15)25(28)29/h5-8,10-11,14,19,24H,4,9,12-13H2,1-3H3,(H,26,27). The lowest BCUT2D eigenvalue weighted by molar-refractivity contribution is -0.384. The largest absolute Gasteiger partial charge is 0.490 e. The van der Waals surface area contributed by atoms with Gasteiger partial charge in [-0.25, -0.2) is 0 Å². The number of carboxylic acids is 1. The van der Waals surface area contributed by atoms with E-state index in [0.717, 1.165) is 5.56 Å². The molecule has 0 heterocycles. The number of hydrogen-bond donors (Lipinski definition) is 2. The Morgan fingerprint density at radius 2 is 1.84 bits per heavy atom. The van der Waals surface area contributed by atoms with Gasteiger partial charge in [0.15, 0.2) is 11.5 Å². The maximum atomic E-state index is 11.5. The van der Waals surface area contributed by atoms with Crippen molar-refractivity contribution in [2.24, 2.45) is 5.92 Å². The Hall–Kier alpha value is -2.84. The normalized spacial score (nSPS) is 11.9. The van der Waals surface area contributed by atoms with Crippen molar-refractivity contribution in [2.75, 3.05) is 6.61 Å². The maximum absolute atomic E-state index is 11.5. The summed E-state index contributed by atoms with van der Waals surface area (Å²) in [4.78, 5) is 21.8. The first-order valence-electron chi connectivity index (χ1n) is 9.98. The number of ether oxygens (including phenoxy) is 2. The number of nitro benzene ring substituents is 1. The van der Waals surface area contributed by atoms with Gasteiger partial charge in [-0.3, -0.25) is 14.9 Å². The fraction of sp³-hybridized carbons (Fsp3) is 0.409. The topological polar surface area (TPSA) is 111 Å². The van der Waals surface area contributed by atoms with Crippen LogP contribution >= 0.6 is 11.6 Å². The van der Waals surface area contributed by atoms with Crippen LogP contribution in [0.4, 0.5) is 5.69 Å². The van der Waals surface area contributed by atoms with Gasteiger partial charge in [0, 0.05) is 29.8 Å². The first kappa shape index (κ1) is 24.4. The number of non-ortho nitro benzene ring substituents is 1. The molecule has 2 aromatic rings. The van der Waals surface area contributed by atoms with E-state index in [1.54, 1.807) is 24.3 Å². The number of aliphatic carboxylic acids is 1. The van der Waals surface area contributed by atoms with Crippen molar-refractivity contribution >= 4 is 23.3 Å². The minimum Gasteiger partial charge on any atom is -0.490 e. The highest BCUT2D eigenvalue weighted by atomic mass is 35.5. The molecule has 2 rings (SSSR count). The molecule has 0 saturated heterocycles. The zero-order valence-electron chi connectivity index (χ0n) is 17.8. The molecule has 0 aliphatic rings. The molecule has 168 valence electrons. The van der Waals surface area contributed by atoms with E-state index in [4.69, 9.17) is 21.1 Å². The molecule has 1 unspecified atom stereocenters. The molecule has 0 fully saturated rings. The molecule has 2 N–H and O–H groups in total. The highest BCUT2D eigenvalue weighted by Crippen LogP contribution is 2.34. The minimum absolute atomic E-state index is 0.00999. The number of nitrogens with one attached hydrogen (secondary N) is 1. The fourth-order valence-corrected chi connectivity index (χ4v) is 3.17. The molecule has 1 atom stereocenters. The highest BCUT2D eigenvalue weighted by molar-refractivity contribution is 6.31. The third-order valence-electron chi connectivity index (χ3n) is 4.50. The SMILES string of the molecule is CCOc1cc(CNC(CC(C)C)C(=O)O)c(Cl)cc1OCc1ccc([N+](=O)[O-])cc1. The fourth-order valence-electron chi connectivity index (χ4n) is 2.94. The summed E-state index contributed by atoms with van der Waals surface area (Å²) in [6, 6.07) is 8.77. The van der Waals surface area contributed by atoms with Gasteiger partial charge in [-0.05, 0) is 48.6 Å². The minimum atomic E-state index is -0.905. The Labute approximate surface area is 186 Å². The summed E-state index contributed by atoms with van der Waals surface area (Å²) in [6.45, 7) is 6.64. The first-order valence-corrected chi connectivity index (χ1v) is 10.4. The van der Waals surface area contributed by atoms with Gasteiger partial charge >= 0.3 is 5.97 Å². The molecule has 0 aromatic heterocycles. The number of nitro groups is 1. The van der Waals surface area contributed by atoms with Crippen molar-refractivity contribution in [2.45, 2.75) is 46.4 Å². The van der Waals surface area contributed by atoms with E-state index in [1.165, 1.54) is 12.1 Å². The van der Waals surface area contributed by atoms with Crippen molar-refractivity contribution in [3.8, 4) is 11.5 Å². The van der Waals surface area contributed by atoms with Gasteiger partial charge < -0.3 is 19.9 Å². The Morgan fingerprint density at radius 3 is 2.39 bits per heavy atom. The molecular formula is C22H27ClN2O6. The number of rotatable bonds is 12. The maximum Gasteiger partial charge on any atom is 0.320 e. The summed E-state index contributed by atoms with van der Waals surface area (Å²) in [5.41, 5.74) is 1.46. The molecule has 0 saturated carbocycles. The van der Waals surface area contributed by atoms with E-state index in [-0.39, 0.29) is 24.8 Å². The van der Waals surface area contributed by atoms with E-state index in [0.29, 0.717) is 35.1 Å².